The fourth-order valence-electron chi connectivity index (χ4n) is 5.84. The molecule has 0 amide bonds. The molecule has 0 aliphatic rings. The van der Waals surface area contributed by atoms with E-state index in [4.69, 9.17) is 52.1 Å². The molecule has 4 heterocycles. The van der Waals surface area contributed by atoms with Crippen molar-refractivity contribution >= 4 is 66.3 Å². The summed E-state index contributed by atoms with van der Waals surface area (Å²) < 4.78 is 29.6. The Morgan fingerprint density at radius 1 is 0.587 bits per heavy atom. The van der Waals surface area contributed by atoms with Crippen LogP contribution in [-0.4, -0.2) is 51.2 Å². The Morgan fingerprint density at radius 2 is 1.06 bits per heavy atom. The number of thiazole rings is 2. The highest BCUT2D eigenvalue weighted by Crippen LogP contribution is 2.39. The van der Waals surface area contributed by atoms with Gasteiger partial charge in [0.25, 0.3) is 0 Å². The fourth-order valence-corrected chi connectivity index (χ4v) is 8.21. The molecule has 8 rings (SSSR count). The SMILES string of the molecule is CC#N.COc1cc(COc2nccc(C(C#N)c3nc4ccccc4s3)n2)cc(OC)c1OC.N#CC(c1ccnc(OCc2ccc(Cl)c(Cl)c2)n1)c1nc2ccccc2s1. The number of hydrogen-bond acceptors (Lipinski definition) is 16. The standard InChI is InChI=1S/C23H20N4O4S.C20H12Cl2N4OS.C2H3N/c1-28-18-10-14(11-19(29-2)21(18)30-3)13-31-23-25-9-8-16(27-23)15(12-24)22-26-17-6-4-5-7-20(17)32-22;21-14-6-5-12(9-15(14)22)11-27-20-24-8-7-16(26-20)13(10-23)19-25-17-3-1-2-4-18(17)28-19;1-2-3/h4-11,15H,13H2,1-3H3;1-9,13H,11H2;1H3. The molecule has 4 aromatic carbocycles. The van der Waals surface area contributed by atoms with Gasteiger partial charge in [-0.3, -0.25) is 0 Å². The zero-order chi connectivity index (χ0) is 44.7. The average molecular weight is 917 g/mol. The summed E-state index contributed by atoms with van der Waals surface area (Å²) in [7, 11) is 4.66. The highest BCUT2D eigenvalue weighted by Gasteiger charge is 2.22. The van der Waals surface area contributed by atoms with E-state index in [9.17, 15) is 10.5 Å². The Morgan fingerprint density at radius 3 is 1.49 bits per heavy atom. The van der Waals surface area contributed by atoms with Crippen LogP contribution in [0.4, 0.5) is 0 Å². The number of nitrogens with zero attached hydrogens (tertiary/aromatic N) is 9. The third-order valence-corrected chi connectivity index (χ3v) is 11.7. The van der Waals surface area contributed by atoms with Crippen molar-refractivity contribution in [2.75, 3.05) is 21.3 Å². The third kappa shape index (κ3) is 11.4. The van der Waals surface area contributed by atoms with Crippen LogP contribution in [0.1, 0.15) is 51.3 Å². The summed E-state index contributed by atoms with van der Waals surface area (Å²) in [6, 6.07) is 34.5. The number of aromatic nitrogens is 6. The minimum Gasteiger partial charge on any atom is -0.493 e. The van der Waals surface area contributed by atoms with Gasteiger partial charge < -0.3 is 23.7 Å². The number of ether oxygens (including phenoxy) is 5. The molecule has 0 bridgehead atoms. The molecule has 0 aliphatic heterocycles. The van der Waals surface area contributed by atoms with Crippen molar-refractivity contribution < 1.29 is 23.7 Å². The van der Waals surface area contributed by atoms with E-state index in [0.29, 0.717) is 48.7 Å². The zero-order valence-electron chi connectivity index (χ0n) is 34.0. The Balaban J connectivity index is 0.000000199. The van der Waals surface area contributed by atoms with Crippen LogP contribution in [0.2, 0.25) is 10.0 Å². The number of para-hydroxylation sites is 2. The second kappa shape index (κ2) is 22.1. The number of methoxy groups -OCH3 is 3. The summed E-state index contributed by atoms with van der Waals surface area (Å²) in [6.45, 7) is 1.84. The minimum atomic E-state index is -0.612. The number of nitriles is 3. The molecule has 0 saturated heterocycles. The lowest BCUT2D eigenvalue weighted by Gasteiger charge is -2.14. The molecule has 2 atom stereocenters. The number of halogens is 2. The van der Waals surface area contributed by atoms with Crippen LogP contribution >= 0.6 is 45.9 Å². The summed E-state index contributed by atoms with van der Waals surface area (Å²) in [5.41, 5.74) is 4.43. The second-order valence-corrected chi connectivity index (χ2v) is 15.7. The quantitative estimate of drug-likeness (QED) is 0.106. The van der Waals surface area contributed by atoms with Crippen LogP contribution in [0.3, 0.4) is 0 Å². The Labute approximate surface area is 380 Å². The predicted molar refractivity (Wildman–Crippen MR) is 241 cm³/mol. The van der Waals surface area contributed by atoms with E-state index in [-0.39, 0.29) is 25.2 Å². The molecular weight excluding hydrogens is 882 g/mol. The maximum Gasteiger partial charge on any atom is 0.316 e. The van der Waals surface area contributed by atoms with E-state index in [1.165, 1.54) is 29.6 Å². The Kier molecular flexibility index (Phi) is 15.9. The summed E-state index contributed by atoms with van der Waals surface area (Å²) in [6.07, 6.45) is 3.15. The zero-order valence-corrected chi connectivity index (χ0v) is 37.2. The lowest BCUT2D eigenvalue weighted by Crippen LogP contribution is -2.05. The van der Waals surface area contributed by atoms with Gasteiger partial charge in [-0.2, -0.15) is 25.8 Å². The normalized spacial score (nSPS) is 11.3. The lowest BCUT2D eigenvalue weighted by molar-refractivity contribution is 0.276. The van der Waals surface area contributed by atoms with Crippen LogP contribution in [-0.2, 0) is 13.2 Å². The van der Waals surface area contributed by atoms with Crippen LogP contribution in [0.5, 0.6) is 29.3 Å². The van der Waals surface area contributed by atoms with Crippen molar-refractivity contribution in [2.24, 2.45) is 0 Å². The van der Waals surface area contributed by atoms with Crippen molar-refractivity contribution in [2.45, 2.75) is 32.0 Å². The van der Waals surface area contributed by atoms with Gasteiger partial charge in [0, 0.05) is 19.3 Å². The highest BCUT2D eigenvalue weighted by atomic mass is 35.5. The van der Waals surface area contributed by atoms with Gasteiger partial charge in [-0.25, -0.2) is 19.9 Å². The van der Waals surface area contributed by atoms with E-state index < -0.39 is 11.8 Å². The van der Waals surface area contributed by atoms with Gasteiger partial charge >= 0.3 is 12.0 Å². The maximum atomic E-state index is 9.80. The molecule has 0 N–H and O–H groups in total. The summed E-state index contributed by atoms with van der Waals surface area (Å²) >= 11 is 14.9. The van der Waals surface area contributed by atoms with E-state index in [1.807, 2.05) is 54.6 Å². The molecule has 14 nitrogen and oxygen atoms in total. The molecule has 18 heteroatoms. The van der Waals surface area contributed by atoms with Gasteiger partial charge in [-0.15, -0.1) is 22.7 Å². The number of benzene rings is 4. The van der Waals surface area contributed by atoms with E-state index in [0.717, 1.165) is 31.6 Å². The first-order chi connectivity index (χ1) is 30.7. The first kappa shape index (κ1) is 45.4. The van der Waals surface area contributed by atoms with Crippen molar-refractivity contribution in [3.63, 3.8) is 0 Å². The molecule has 0 spiro atoms. The molecule has 4 aromatic heterocycles. The van der Waals surface area contributed by atoms with Crippen LogP contribution in [0.15, 0.2) is 103 Å². The number of hydrogen-bond donors (Lipinski definition) is 0. The monoisotopic (exact) mass is 915 g/mol. The molecule has 316 valence electrons. The molecule has 63 heavy (non-hydrogen) atoms. The second-order valence-electron chi connectivity index (χ2n) is 12.8. The van der Waals surface area contributed by atoms with Crippen molar-refractivity contribution in [3.05, 3.63) is 146 Å². The van der Waals surface area contributed by atoms with Gasteiger partial charge in [-0.05, 0) is 71.8 Å². The molecule has 0 aliphatic carbocycles. The Hall–Kier alpha value is -7.13. The van der Waals surface area contributed by atoms with Gasteiger partial charge in [-0.1, -0.05) is 53.5 Å². The van der Waals surface area contributed by atoms with E-state index in [1.54, 1.807) is 76.2 Å². The first-order valence-electron chi connectivity index (χ1n) is 18.7. The lowest BCUT2D eigenvalue weighted by atomic mass is 10.1. The smallest absolute Gasteiger partial charge is 0.316 e. The van der Waals surface area contributed by atoms with Crippen LogP contribution < -0.4 is 23.7 Å². The average Bonchev–Trinajstić information content (AvgIpc) is 3.94. The van der Waals surface area contributed by atoms with Gasteiger partial charge in [0.2, 0.25) is 5.75 Å². The largest absolute Gasteiger partial charge is 0.493 e. The molecular formula is C45H35Cl2N9O5S2. The van der Waals surface area contributed by atoms with Gasteiger partial charge in [0.05, 0.1) is 81.4 Å². The molecule has 2 unspecified atom stereocenters. The summed E-state index contributed by atoms with van der Waals surface area (Å²) in [5, 5.41) is 29.1. The van der Waals surface area contributed by atoms with Crippen LogP contribution in [0.25, 0.3) is 20.4 Å². The molecule has 0 radical (unpaired) electrons. The predicted octanol–water partition coefficient (Wildman–Crippen LogP) is 10.5. The molecule has 8 aromatic rings. The molecule has 0 fully saturated rings. The van der Waals surface area contributed by atoms with Crippen molar-refractivity contribution in [1.29, 1.82) is 15.8 Å². The van der Waals surface area contributed by atoms with Gasteiger partial charge in [0.1, 0.15) is 35.1 Å². The summed E-state index contributed by atoms with van der Waals surface area (Å²) in [4.78, 5) is 26.3. The van der Waals surface area contributed by atoms with Gasteiger partial charge in [0.15, 0.2) is 11.5 Å². The highest BCUT2D eigenvalue weighted by molar-refractivity contribution is 7.19. The Bertz CT molecular complexity index is 2870. The maximum absolute atomic E-state index is 9.80. The van der Waals surface area contributed by atoms with E-state index >= 15 is 0 Å². The van der Waals surface area contributed by atoms with Crippen molar-refractivity contribution in [3.8, 4) is 47.5 Å². The molecule has 0 saturated carbocycles. The minimum absolute atomic E-state index is 0.164. The van der Waals surface area contributed by atoms with Crippen molar-refractivity contribution in [1.82, 2.24) is 29.9 Å². The summed E-state index contributed by atoms with van der Waals surface area (Å²) in [5.74, 6) is 0.359. The third-order valence-electron chi connectivity index (χ3n) is 8.72. The first-order valence-corrected chi connectivity index (χ1v) is 21.1. The number of fused-ring (bicyclic) bond motifs is 2. The van der Waals surface area contributed by atoms with E-state index in [2.05, 4.69) is 42.0 Å². The topological polar surface area (TPSA) is 195 Å². The fraction of sp³-hybridized carbons (Fsp3) is 0.178. The number of rotatable bonds is 13. The van der Waals surface area contributed by atoms with Crippen LogP contribution in [0, 0.1) is 34.0 Å².